The average molecular weight is 496 g/mol. The van der Waals surface area contributed by atoms with Crippen LogP contribution < -0.4 is 9.05 Å². The van der Waals surface area contributed by atoms with E-state index < -0.39 is 26.2 Å². The number of urea groups is 2. The van der Waals surface area contributed by atoms with Crippen molar-refractivity contribution in [2.45, 2.75) is 0 Å². The van der Waals surface area contributed by atoms with Crippen LogP contribution in [-0.2, 0) is 4.57 Å². The molecular formula is C12H12Cl4N4O5P2. The van der Waals surface area contributed by atoms with Crippen LogP contribution in [0, 0.1) is 0 Å². The maximum absolute atomic E-state index is 14.3. The van der Waals surface area contributed by atoms with Crippen LogP contribution in [-0.4, -0.2) is 58.9 Å². The molecule has 0 radical (unpaired) electrons. The maximum atomic E-state index is 14.3. The van der Waals surface area contributed by atoms with Gasteiger partial charge in [0, 0.05) is 0 Å². The minimum atomic E-state index is -4.91. The molecule has 27 heavy (non-hydrogen) atoms. The van der Waals surface area contributed by atoms with Crippen molar-refractivity contribution in [1.82, 2.24) is 18.7 Å². The average Bonchev–Trinajstić information content (AvgIpc) is 3.14. The molecule has 4 rings (SSSR count). The molecule has 3 heterocycles. The molecule has 1 aromatic rings. The van der Waals surface area contributed by atoms with E-state index in [4.69, 9.17) is 55.5 Å². The van der Waals surface area contributed by atoms with Gasteiger partial charge in [-0.2, -0.15) is 0 Å². The van der Waals surface area contributed by atoms with Gasteiger partial charge in [-0.1, -0.05) is 0 Å². The first-order valence-electron chi connectivity index (χ1n) is 7.30. The number of fused-ring (bicyclic) bond motifs is 1. The number of carbonyl (C=O) groups is 2. The fourth-order valence-electron chi connectivity index (χ4n) is 3.59. The fourth-order valence-corrected chi connectivity index (χ4v) is 17.3. The molecule has 0 N–H and O–H groups in total. The minimum absolute atomic E-state index is 0.0952. The second-order valence-electron chi connectivity index (χ2n) is 6.10. The molecule has 0 aliphatic carbocycles. The van der Waals surface area contributed by atoms with Crippen LogP contribution >= 0.6 is 60.6 Å². The van der Waals surface area contributed by atoms with Gasteiger partial charge in [0.05, 0.1) is 0 Å². The van der Waals surface area contributed by atoms with Crippen molar-refractivity contribution in [3.63, 3.8) is 0 Å². The SMILES string of the molecule is CN1C(=O)N(C)P23(Oc4c(Cl)c(Cl)c(Cl)c(Cl)c4O2)N(C)C(=O)N(C)P13=O. The van der Waals surface area contributed by atoms with E-state index >= 15 is 0 Å². The Balaban J connectivity index is 2.14. The van der Waals surface area contributed by atoms with Crippen LogP contribution in [0.1, 0.15) is 0 Å². The van der Waals surface area contributed by atoms with E-state index in [9.17, 15) is 14.2 Å². The predicted octanol–water partition coefficient (Wildman–Crippen LogP) is 5.39. The van der Waals surface area contributed by atoms with Crippen molar-refractivity contribution in [2.75, 3.05) is 28.2 Å². The van der Waals surface area contributed by atoms with Crippen molar-refractivity contribution < 1.29 is 23.2 Å². The van der Waals surface area contributed by atoms with E-state index in [0.717, 1.165) is 18.7 Å². The van der Waals surface area contributed by atoms with Gasteiger partial charge in [0.25, 0.3) is 0 Å². The van der Waals surface area contributed by atoms with Crippen LogP contribution in [0.4, 0.5) is 9.59 Å². The molecular weight excluding hydrogens is 484 g/mol. The van der Waals surface area contributed by atoms with E-state index in [1.165, 1.54) is 28.2 Å². The summed E-state index contributed by atoms with van der Waals surface area (Å²) in [5.74, 6) is -0.252. The number of hydrogen-bond donors (Lipinski definition) is 0. The Kier molecular flexibility index (Phi) is 3.76. The standard InChI is InChI=1S/C12H12Cl4N4O5P2/c1-17-11(21)19(3)27(20(4)12(22)18(2)26(17,27)23)24-9-7(15)5(13)6(14)8(16)10(9)25-27/h1-4H3. The van der Waals surface area contributed by atoms with Crippen molar-refractivity contribution in [2.24, 2.45) is 0 Å². The summed E-state index contributed by atoms with van der Waals surface area (Å²) in [7, 11) is -3.69. The summed E-state index contributed by atoms with van der Waals surface area (Å²) in [4.78, 5) is 25.6. The summed E-state index contributed by atoms with van der Waals surface area (Å²) in [6.07, 6.45) is 0. The van der Waals surface area contributed by atoms with Crippen molar-refractivity contribution in [3.05, 3.63) is 20.1 Å². The number of benzene rings is 1. The number of nitrogens with zero attached hydrogens (tertiary/aromatic N) is 4. The Morgan fingerprint density at radius 3 is 1.41 bits per heavy atom. The van der Waals surface area contributed by atoms with Gasteiger partial charge in [0.15, 0.2) is 0 Å². The summed E-state index contributed by atoms with van der Waals surface area (Å²) < 4.78 is 30.6. The van der Waals surface area contributed by atoms with Gasteiger partial charge in [-0.3, -0.25) is 0 Å². The molecule has 148 valence electrons. The van der Waals surface area contributed by atoms with Gasteiger partial charge >= 0.3 is 174 Å². The third kappa shape index (κ3) is 1.63. The molecule has 1 aromatic carbocycles. The number of hydrogen-bond acceptors (Lipinski definition) is 5. The van der Waals surface area contributed by atoms with E-state index in [1.807, 2.05) is 0 Å². The zero-order valence-corrected chi connectivity index (χ0v) is 19.0. The monoisotopic (exact) mass is 494 g/mol. The molecule has 0 bridgehead atoms. The van der Waals surface area contributed by atoms with Crippen LogP contribution in [0.5, 0.6) is 11.5 Å². The molecule has 2 saturated heterocycles. The van der Waals surface area contributed by atoms with Crippen molar-refractivity contribution in [1.29, 1.82) is 0 Å². The number of carbonyl (C=O) groups excluding carboxylic acids is 2. The van der Waals surface area contributed by atoms with Crippen LogP contribution in [0.25, 0.3) is 0 Å². The Morgan fingerprint density at radius 1 is 0.741 bits per heavy atom. The number of halogens is 4. The molecule has 2 fully saturated rings. The van der Waals surface area contributed by atoms with Crippen molar-refractivity contribution in [3.8, 4) is 11.5 Å². The molecule has 3 aliphatic rings. The summed E-state index contributed by atoms with van der Waals surface area (Å²) in [5.41, 5.74) is 0. The summed E-state index contributed by atoms with van der Waals surface area (Å²) in [5, 5.41) is -0.450. The Morgan fingerprint density at radius 2 is 1.07 bits per heavy atom. The molecule has 9 nitrogen and oxygen atoms in total. The van der Waals surface area contributed by atoms with Gasteiger partial charge in [0.2, 0.25) is 0 Å². The second-order valence-corrected chi connectivity index (χ2v) is 16.7. The zero-order valence-electron chi connectivity index (χ0n) is 14.2. The number of rotatable bonds is 0. The van der Waals surface area contributed by atoms with E-state index in [-0.39, 0.29) is 31.6 Å². The first kappa shape index (κ1) is 19.5. The molecule has 0 saturated carbocycles. The summed E-state index contributed by atoms with van der Waals surface area (Å²) >= 11 is 24.7. The van der Waals surface area contributed by atoms with Gasteiger partial charge in [-0.05, 0) is 0 Å². The Labute approximate surface area is 174 Å². The first-order chi connectivity index (χ1) is 12.4. The van der Waals surface area contributed by atoms with Crippen LogP contribution in [0.2, 0.25) is 20.1 Å². The molecule has 0 unspecified atom stereocenters. The second kappa shape index (κ2) is 5.21. The van der Waals surface area contributed by atoms with E-state index in [0.29, 0.717) is 0 Å². The molecule has 3 aliphatic heterocycles. The molecule has 0 atom stereocenters. The quantitative estimate of drug-likeness (QED) is 0.274. The van der Waals surface area contributed by atoms with Gasteiger partial charge < -0.3 is 0 Å². The van der Waals surface area contributed by atoms with E-state index in [2.05, 4.69) is 0 Å². The van der Waals surface area contributed by atoms with Crippen LogP contribution in [0.15, 0.2) is 0 Å². The predicted molar refractivity (Wildman–Crippen MR) is 104 cm³/mol. The summed E-state index contributed by atoms with van der Waals surface area (Å²) in [6, 6.07) is -1.31. The summed E-state index contributed by atoms with van der Waals surface area (Å²) in [6.45, 7) is 0. The van der Waals surface area contributed by atoms with Gasteiger partial charge in [-0.25, -0.2) is 0 Å². The molecule has 4 amide bonds. The van der Waals surface area contributed by atoms with Crippen LogP contribution in [0.3, 0.4) is 0 Å². The first-order valence-corrected chi connectivity index (χ1v) is 13.1. The van der Waals surface area contributed by atoms with Gasteiger partial charge in [0.1, 0.15) is 0 Å². The third-order valence-corrected chi connectivity index (χ3v) is 19.4. The van der Waals surface area contributed by atoms with Crippen molar-refractivity contribution >= 4 is 72.6 Å². The third-order valence-electron chi connectivity index (χ3n) is 5.05. The normalized spacial score (nSPS) is 28.8. The molecule has 15 heteroatoms. The fraction of sp³-hybridized carbons (Fsp3) is 0.333. The Hall–Kier alpha value is -0.820. The van der Waals surface area contributed by atoms with Gasteiger partial charge in [-0.15, -0.1) is 0 Å². The topological polar surface area (TPSA) is 82.6 Å². The molecule has 0 aromatic heterocycles. The number of amides is 4. The molecule has 1 spiro atoms. The zero-order chi connectivity index (χ0) is 20.3. The van der Waals surface area contributed by atoms with E-state index in [1.54, 1.807) is 0 Å². The Bertz CT molecular complexity index is 949.